The molecular formula is C40H26F2N4P+. The largest absolute Gasteiger partial charge is 0.251 e. The number of benzene rings is 4. The Kier molecular flexibility index (Phi) is 5.52. The van der Waals surface area contributed by atoms with Gasteiger partial charge in [0, 0.05) is 22.8 Å². The Hall–Kier alpha value is -5.42. The van der Waals surface area contributed by atoms with Crippen LogP contribution >= 0.6 is 7.41 Å². The summed E-state index contributed by atoms with van der Waals surface area (Å²) in [5.41, 5.74) is 7.50. The molecule has 2 bridgehead atoms. The second-order valence-corrected chi connectivity index (χ2v) is 16.5. The summed E-state index contributed by atoms with van der Waals surface area (Å²) in [7, 11) is -2.64. The molecule has 1 spiro atoms. The molecule has 2 unspecified atom stereocenters. The molecule has 4 aromatic carbocycles. The van der Waals surface area contributed by atoms with Crippen LogP contribution in [-0.4, -0.2) is 16.3 Å². The van der Waals surface area contributed by atoms with Crippen LogP contribution in [0.1, 0.15) is 46.0 Å². The van der Waals surface area contributed by atoms with E-state index in [-0.39, 0.29) is 11.1 Å². The quantitative estimate of drug-likeness (QED) is 0.161. The van der Waals surface area contributed by atoms with Crippen LogP contribution in [0.4, 0.5) is 8.78 Å². The molecule has 7 heteroatoms. The third-order valence-corrected chi connectivity index (χ3v) is 14.5. The molecule has 0 saturated heterocycles. The van der Waals surface area contributed by atoms with Crippen molar-refractivity contribution < 1.29 is 8.78 Å². The minimum atomic E-state index is -2.64. The number of nitriles is 2. The summed E-state index contributed by atoms with van der Waals surface area (Å²) < 4.78 is 33.7. The van der Waals surface area contributed by atoms with Crippen molar-refractivity contribution in [3.05, 3.63) is 166 Å². The van der Waals surface area contributed by atoms with Crippen LogP contribution in [0.3, 0.4) is 0 Å². The number of nitrogens with zero attached hydrogens (tertiary/aromatic N) is 4. The summed E-state index contributed by atoms with van der Waals surface area (Å²) >= 11 is 0. The maximum absolute atomic E-state index is 15.7. The third-order valence-electron chi connectivity index (χ3n) is 10.6. The number of hydrogen-bond acceptors (Lipinski definition) is 4. The van der Waals surface area contributed by atoms with Gasteiger partial charge in [0.25, 0.3) is 0 Å². The summed E-state index contributed by atoms with van der Waals surface area (Å²) in [4.78, 5) is 5.40. The standard InChI is InChI=1S/C40H26F2N4P/c1-39-16-8-15-38-40(30-11-5-3-9-27(30)28-10-4-6-12-31(28)40)37-14-7-13-35(45-37)29-17-24(21-43)33(41)19-26(29)23-47(2,46(38)39)36-20-34(42)25(22-44)18-32(36)39/h3-20H,23H2,1-2H3/q+1. The molecule has 4 nitrogen and oxygen atoms in total. The Morgan fingerprint density at radius 1 is 0.787 bits per heavy atom. The summed E-state index contributed by atoms with van der Waals surface area (Å²) in [6.45, 7) is 4.33. The predicted octanol–water partition coefficient (Wildman–Crippen LogP) is 8.47. The maximum atomic E-state index is 15.7. The fourth-order valence-corrected chi connectivity index (χ4v) is 13.2. The van der Waals surface area contributed by atoms with Crippen molar-refractivity contribution in [3.8, 4) is 34.5 Å². The average molecular weight is 632 g/mol. The Bertz CT molecular complexity index is 2350. The summed E-state index contributed by atoms with van der Waals surface area (Å²) in [6.07, 6.45) is 6.78. The Morgan fingerprint density at radius 2 is 1.45 bits per heavy atom. The van der Waals surface area contributed by atoms with Gasteiger partial charge in [0.2, 0.25) is 0 Å². The molecule has 0 amide bonds. The van der Waals surface area contributed by atoms with E-state index in [4.69, 9.17) is 4.98 Å². The van der Waals surface area contributed by atoms with Gasteiger partial charge in [-0.3, -0.25) is 4.98 Å². The van der Waals surface area contributed by atoms with E-state index >= 15 is 8.78 Å². The highest BCUT2D eigenvalue weighted by Crippen LogP contribution is 2.75. The molecule has 1 aliphatic carbocycles. The molecule has 1 aromatic heterocycles. The van der Waals surface area contributed by atoms with Gasteiger partial charge in [-0.25, -0.2) is 13.5 Å². The number of rotatable bonds is 0. The van der Waals surface area contributed by atoms with E-state index in [1.54, 1.807) is 18.2 Å². The second-order valence-electron chi connectivity index (χ2n) is 13.0. The van der Waals surface area contributed by atoms with Crippen LogP contribution in [0.2, 0.25) is 0 Å². The minimum Gasteiger partial charge on any atom is -0.251 e. The highest BCUT2D eigenvalue weighted by molar-refractivity contribution is 7.80. The Labute approximate surface area is 272 Å². The third kappa shape index (κ3) is 3.33. The van der Waals surface area contributed by atoms with E-state index in [1.165, 1.54) is 6.07 Å². The lowest BCUT2D eigenvalue weighted by Gasteiger charge is -2.48. The molecule has 47 heavy (non-hydrogen) atoms. The number of allylic oxidation sites excluding steroid dienone is 3. The lowest BCUT2D eigenvalue weighted by Crippen LogP contribution is -2.46. The van der Waals surface area contributed by atoms with E-state index in [9.17, 15) is 10.5 Å². The number of halogens is 2. The monoisotopic (exact) mass is 631 g/mol. The number of fused-ring (bicyclic) bond motifs is 14. The zero-order valence-corrected chi connectivity index (χ0v) is 26.5. The second kappa shape index (κ2) is 9.32. The van der Waals surface area contributed by atoms with Gasteiger partial charge < -0.3 is 0 Å². The normalized spacial score (nSPS) is 21.8. The zero-order valence-electron chi connectivity index (χ0n) is 25.6. The first-order valence-corrected chi connectivity index (χ1v) is 17.8. The number of hydrogen-bond donors (Lipinski definition) is 0. The van der Waals surface area contributed by atoms with Gasteiger partial charge in [0.1, 0.15) is 53.6 Å². The molecule has 0 fully saturated rings. The van der Waals surface area contributed by atoms with E-state index < -0.39 is 30.0 Å². The van der Waals surface area contributed by atoms with Crippen molar-refractivity contribution in [2.75, 3.05) is 6.66 Å². The summed E-state index contributed by atoms with van der Waals surface area (Å²) in [6, 6.07) is 33.3. The number of aromatic nitrogens is 1. The van der Waals surface area contributed by atoms with Crippen LogP contribution in [0, 0.1) is 34.3 Å². The molecule has 0 radical (unpaired) electrons. The predicted molar refractivity (Wildman–Crippen MR) is 180 cm³/mol. The van der Waals surface area contributed by atoms with Crippen LogP contribution in [0.25, 0.3) is 22.4 Å². The van der Waals surface area contributed by atoms with Crippen molar-refractivity contribution in [1.82, 2.24) is 9.65 Å². The van der Waals surface area contributed by atoms with Gasteiger partial charge in [0.15, 0.2) is 0 Å². The molecule has 5 aromatic rings. The average Bonchev–Trinajstić information content (AvgIpc) is 3.48. The van der Waals surface area contributed by atoms with E-state index in [2.05, 4.69) is 97.2 Å². The van der Waals surface area contributed by atoms with E-state index in [1.807, 2.05) is 18.2 Å². The van der Waals surface area contributed by atoms with Crippen molar-refractivity contribution in [2.45, 2.75) is 24.0 Å². The van der Waals surface area contributed by atoms with E-state index in [0.29, 0.717) is 23.0 Å². The van der Waals surface area contributed by atoms with Crippen molar-refractivity contribution in [3.63, 3.8) is 0 Å². The van der Waals surface area contributed by atoms with E-state index in [0.717, 1.165) is 44.5 Å². The SMILES string of the molecule is CC12C=CC=C3N1[P+](C)(Cc1cc(F)c(C#N)cc1-c1cccc(n1)C31c3ccccc3-c3ccccc31)c1cc(F)c(C#N)cc12. The Morgan fingerprint density at radius 3 is 2.15 bits per heavy atom. The fourth-order valence-electron chi connectivity index (χ4n) is 8.73. The molecule has 2 atom stereocenters. The Balaban J connectivity index is 1.49. The molecular weight excluding hydrogens is 605 g/mol. The molecule has 0 N–H and O–H groups in total. The first-order valence-electron chi connectivity index (χ1n) is 15.5. The molecule has 9 rings (SSSR count). The highest BCUT2D eigenvalue weighted by Gasteiger charge is 2.66. The molecule has 4 heterocycles. The van der Waals surface area contributed by atoms with Crippen molar-refractivity contribution >= 4 is 12.7 Å². The molecule has 4 aliphatic rings. The van der Waals surface area contributed by atoms with Gasteiger partial charge in [0.05, 0.1) is 34.9 Å². The summed E-state index contributed by atoms with van der Waals surface area (Å²) in [5, 5.41) is 20.6. The smallest absolute Gasteiger partial charge is 0.144 e. The minimum absolute atomic E-state index is 0.00288. The first kappa shape index (κ1) is 27.9. The van der Waals surface area contributed by atoms with Crippen molar-refractivity contribution in [2.24, 2.45) is 0 Å². The first-order chi connectivity index (χ1) is 22.8. The lowest BCUT2D eigenvalue weighted by molar-refractivity contribution is 0.311. The van der Waals surface area contributed by atoms with Gasteiger partial charge in [-0.15, -0.1) is 0 Å². The number of pyridine rings is 1. The molecule has 3 aliphatic heterocycles. The van der Waals surface area contributed by atoms with Crippen LogP contribution in [-0.2, 0) is 17.1 Å². The fraction of sp³-hybridized carbons (Fsp3) is 0.125. The van der Waals surface area contributed by atoms with Crippen molar-refractivity contribution in [1.29, 1.82) is 10.5 Å². The lowest BCUT2D eigenvalue weighted by atomic mass is 9.70. The maximum Gasteiger partial charge on any atom is 0.144 e. The van der Waals surface area contributed by atoms with Crippen LogP contribution in [0.15, 0.2) is 115 Å². The van der Waals surface area contributed by atoms with Crippen LogP contribution < -0.4 is 5.30 Å². The summed E-state index contributed by atoms with van der Waals surface area (Å²) in [5.74, 6) is -1.16. The topological polar surface area (TPSA) is 63.7 Å². The van der Waals surface area contributed by atoms with Gasteiger partial charge >= 0.3 is 0 Å². The van der Waals surface area contributed by atoms with Gasteiger partial charge in [-0.2, -0.15) is 10.5 Å². The van der Waals surface area contributed by atoms with Gasteiger partial charge in [-0.05, 0) is 65.6 Å². The highest BCUT2D eigenvalue weighted by atomic mass is 31.2. The van der Waals surface area contributed by atoms with Crippen LogP contribution in [0.5, 0.6) is 0 Å². The molecule has 0 saturated carbocycles. The molecule has 224 valence electrons. The van der Waals surface area contributed by atoms with Gasteiger partial charge in [-0.1, -0.05) is 66.7 Å². The zero-order chi connectivity index (χ0) is 32.3.